The van der Waals surface area contributed by atoms with Crippen LogP contribution in [0.3, 0.4) is 0 Å². The number of halogens is 3. The van der Waals surface area contributed by atoms with Crippen molar-refractivity contribution >= 4 is 38.4 Å². The first-order valence-electron chi connectivity index (χ1n) is 6.07. The first kappa shape index (κ1) is 17.8. The Morgan fingerprint density at radius 2 is 1.95 bits per heavy atom. The average molecular weight is 388 g/mol. The molecule has 1 saturated heterocycles. The third-order valence-electron chi connectivity index (χ3n) is 3.39. The minimum absolute atomic E-state index is 0. The maximum Gasteiger partial charge on any atom is 0.243 e. The zero-order valence-corrected chi connectivity index (χ0v) is 14.2. The van der Waals surface area contributed by atoms with Crippen molar-refractivity contribution in [3.05, 3.63) is 28.5 Å². The fraction of sp³-hybridized carbons (Fsp3) is 0.500. The SMILES string of the molecule is CNC1CCN(S(=O)(=O)c2ccc(Br)c(F)c2)CC1.Cl. The van der Waals surface area contributed by atoms with Gasteiger partial charge in [-0.3, -0.25) is 0 Å². The van der Waals surface area contributed by atoms with E-state index >= 15 is 0 Å². The molecule has 0 amide bonds. The molecule has 1 aliphatic heterocycles. The third kappa shape index (κ3) is 3.71. The van der Waals surface area contributed by atoms with E-state index in [9.17, 15) is 12.8 Å². The van der Waals surface area contributed by atoms with Crippen LogP contribution in [0.4, 0.5) is 4.39 Å². The summed E-state index contributed by atoms with van der Waals surface area (Å²) >= 11 is 3.02. The van der Waals surface area contributed by atoms with Crippen LogP contribution in [-0.2, 0) is 10.0 Å². The van der Waals surface area contributed by atoms with Gasteiger partial charge in [-0.1, -0.05) is 0 Å². The van der Waals surface area contributed by atoms with Crippen LogP contribution >= 0.6 is 28.3 Å². The summed E-state index contributed by atoms with van der Waals surface area (Å²) in [6, 6.07) is 4.26. The lowest BCUT2D eigenvalue weighted by Crippen LogP contribution is -2.43. The van der Waals surface area contributed by atoms with E-state index < -0.39 is 15.8 Å². The fourth-order valence-electron chi connectivity index (χ4n) is 2.17. The molecule has 114 valence electrons. The molecule has 1 N–H and O–H groups in total. The first-order valence-corrected chi connectivity index (χ1v) is 8.31. The number of nitrogens with zero attached hydrogens (tertiary/aromatic N) is 1. The highest BCUT2D eigenvalue weighted by Crippen LogP contribution is 2.24. The maximum atomic E-state index is 13.5. The largest absolute Gasteiger partial charge is 0.317 e. The lowest BCUT2D eigenvalue weighted by atomic mass is 10.1. The molecule has 0 atom stereocenters. The molecule has 4 nitrogen and oxygen atoms in total. The first-order chi connectivity index (χ1) is 8.95. The van der Waals surface area contributed by atoms with Gasteiger partial charge in [0.15, 0.2) is 0 Å². The number of rotatable bonds is 3. The zero-order valence-electron chi connectivity index (χ0n) is 11.0. The molecule has 0 unspecified atom stereocenters. The Morgan fingerprint density at radius 3 is 2.45 bits per heavy atom. The van der Waals surface area contributed by atoms with Gasteiger partial charge in [-0.2, -0.15) is 4.31 Å². The topological polar surface area (TPSA) is 49.4 Å². The van der Waals surface area contributed by atoms with E-state index in [1.807, 2.05) is 7.05 Å². The molecular weight excluding hydrogens is 371 g/mol. The second kappa shape index (κ2) is 7.17. The predicted octanol–water partition coefficient (Wildman–Crippen LogP) is 2.38. The van der Waals surface area contributed by atoms with Gasteiger partial charge in [0.1, 0.15) is 5.82 Å². The number of piperidine rings is 1. The summed E-state index contributed by atoms with van der Waals surface area (Å²) in [5.74, 6) is -0.564. The molecule has 0 aromatic heterocycles. The van der Waals surface area contributed by atoms with E-state index in [1.165, 1.54) is 16.4 Å². The van der Waals surface area contributed by atoms with Crippen molar-refractivity contribution in [3.63, 3.8) is 0 Å². The van der Waals surface area contributed by atoms with Gasteiger partial charge < -0.3 is 5.32 Å². The molecule has 0 radical (unpaired) electrons. The molecule has 1 aromatic rings. The normalized spacial score (nSPS) is 17.8. The van der Waals surface area contributed by atoms with Gasteiger partial charge in [-0.15, -0.1) is 12.4 Å². The minimum atomic E-state index is -3.59. The van der Waals surface area contributed by atoms with Crippen LogP contribution in [-0.4, -0.2) is 38.9 Å². The molecule has 1 aliphatic rings. The predicted molar refractivity (Wildman–Crippen MR) is 82.2 cm³/mol. The Hall–Kier alpha value is -0.210. The summed E-state index contributed by atoms with van der Waals surface area (Å²) in [6.07, 6.45) is 1.55. The summed E-state index contributed by atoms with van der Waals surface area (Å²) in [5.41, 5.74) is 0. The molecule has 0 bridgehead atoms. The standard InChI is InChI=1S/C12H16BrFN2O2S.ClH/c1-15-9-4-6-16(7-5-9)19(17,18)10-2-3-11(13)12(14)8-10;/h2-3,8-9,15H,4-7H2,1H3;1H. The van der Waals surface area contributed by atoms with Gasteiger partial charge in [-0.25, -0.2) is 12.8 Å². The zero-order chi connectivity index (χ0) is 14.0. The van der Waals surface area contributed by atoms with E-state index in [0.29, 0.717) is 19.1 Å². The second-order valence-corrected chi connectivity index (χ2v) is 7.34. The van der Waals surface area contributed by atoms with E-state index in [0.717, 1.165) is 18.9 Å². The minimum Gasteiger partial charge on any atom is -0.317 e. The van der Waals surface area contributed by atoms with Crippen LogP contribution in [0.2, 0.25) is 0 Å². The molecule has 1 heterocycles. The van der Waals surface area contributed by atoms with E-state index in [2.05, 4.69) is 21.2 Å². The molecule has 0 aliphatic carbocycles. The summed E-state index contributed by atoms with van der Waals surface area (Å²) < 4.78 is 39.9. The van der Waals surface area contributed by atoms with E-state index in [-0.39, 0.29) is 21.8 Å². The van der Waals surface area contributed by atoms with Gasteiger partial charge in [0.05, 0.1) is 9.37 Å². The molecule has 20 heavy (non-hydrogen) atoms. The van der Waals surface area contributed by atoms with Crippen molar-refractivity contribution in [2.24, 2.45) is 0 Å². The van der Waals surface area contributed by atoms with Gasteiger partial charge in [0, 0.05) is 19.1 Å². The number of hydrogen-bond donors (Lipinski definition) is 1. The second-order valence-electron chi connectivity index (χ2n) is 4.54. The maximum absolute atomic E-state index is 13.5. The van der Waals surface area contributed by atoms with Crippen molar-refractivity contribution in [2.75, 3.05) is 20.1 Å². The van der Waals surface area contributed by atoms with Crippen LogP contribution < -0.4 is 5.32 Å². The lowest BCUT2D eigenvalue weighted by Gasteiger charge is -2.31. The van der Waals surface area contributed by atoms with Crippen LogP contribution in [0.25, 0.3) is 0 Å². The molecule has 2 rings (SSSR count). The highest BCUT2D eigenvalue weighted by molar-refractivity contribution is 9.10. The summed E-state index contributed by atoms with van der Waals surface area (Å²) in [7, 11) is -1.71. The highest BCUT2D eigenvalue weighted by Gasteiger charge is 2.29. The summed E-state index contributed by atoms with van der Waals surface area (Å²) in [5, 5.41) is 3.14. The Balaban J connectivity index is 0.00000200. The molecule has 0 saturated carbocycles. The molecule has 1 aromatic carbocycles. The fourth-order valence-corrected chi connectivity index (χ4v) is 3.90. The molecular formula is C12H17BrClFN2O2S. The average Bonchev–Trinajstić information content (AvgIpc) is 2.41. The monoisotopic (exact) mass is 386 g/mol. The Bertz CT molecular complexity index is 563. The number of benzene rings is 1. The van der Waals surface area contributed by atoms with Crippen LogP contribution in [0, 0.1) is 5.82 Å². The number of hydrogen-bond acceptors (Lipinski definition) is 3. The van der Waals surface area contributed by atoms with Gasteiger partial charge >= 0.3 is 0 Å². The molecule has 0 spiro atoms. The molecule has 1 fully saturated rings. The third-order valence-corrected chi connectivity index (χ3v) is 5.93. The number of nitrogens with one attached hydrogen (secondary N) is 1. The smallest absolute Gasteiger partial charge is 0.243 e. The number of sulfonamides is 1. The van der Waals surface area contributed by atoms with Crippen LogP contribution in [0.15, 0.2) is 27.6 Å². The van der Waals surface area contributed by atoms with E-state index in [4.69, 9.17) is 0 Å². The van der Waals surface area contributed by atoms with Crippen molar-refractivity contribution in [2.45, 2.75) is 23.8 Å². The van der Waals surface area contributed by atoms with Crippen molar-refractivity contribution < 1.29 is 12.8 Å². The highest BCUT2D eigenvalue weighted by atomic mass is 79.9. The van der Waals surface area contributed by atoms with Gasteiger partial charge in [0.25, 0.3) is 0 Å². The Kier molecular flexibility index (Phi) is 6.40. The summed E-state index contributed by atoms with van der Waals surface area (Å²) in [4.78, 5) is 0.0103. The van der Waals surface area contributed by atoms with Crippen LogP contribution in [0.5, 0.6) is 0 Å². The lowest BCUT2D eigenvalue weighted by molar-refractivity contribution is 0.298. The van der Waals surface area contributed by atoms with Crippen molar-refractivity contribution in [1.29, 1.82) is 0 Å². The Morgan fingerprint density at radius 1 is 1.35 bits per heavy atom. The van der Waals surface area contributed by atoms with Crippen LogP contribution in [0.1, 0.15) is 12.8 Å². The van der Waals surface area contributed by atoms with Gasteiger partial charge in [-0.05, 0) is 54.0 Å². The summed E-state index contributed by atoms with van der Waals surface area (Å²) in [6.45, 7) is 0.928. The molecule has 8 heteroatoms. The van der Waals surface area contributed by atoms with Crippen molar-refractivity contribution in [3.8, 4) is 0 Å². The van der Waals surface area contributed by atoms with Crippen molar-refractivity contribution in [1.82, 2.24) is 9.62 Å². The van der Waals surface area contributed by atoms with Gasteiger partial charge in [0.2, 0.25) is 10.0 Å². The van der Waals surface area contributed by atoms with E-state index in [1.54, 1.807) is 0 Å². The quantitative estimate of drug-likeness (QED) is 0.866. The Labute approximate surface area is 133 Å².